The van der Waals surface area contributed by atoms with Gasteiger partial charge >= 0.3 is 0 Å². The lowest BCUT2D eigenvalue weighted by atomic mass is 9.99. The van der Waals surface area contributed by atoms with E-state index < -0.39 is 6.10 Å². The van der Waals surface area contributed by atoms with Crippen LogP contribution in [-0.4, -0.2) is 11.1 Å². The summed E-state index contributed by atoms with van der Waals surface area (Å²) in [5.74, 6) is 0. The van der Waals surface area contributed by atoms with Crippen LogP contribution in [0.1, 0.15) is 29.7 Å². The van der Waals surface area contributed by atoms with Crippen LogP contribution in [0.3, 0.4) is 0 Å². The van der Waals surface area contributed by atoms with Crippen molar-refractivity contribution in [2.24, 2.45) is 5.73 Å². The lowest BCUT2D eigenvalue weighted by molar-refractivity contribution is 0.153. The lowest BCUT2D eigenvalue weighted by Gasteiger charge is -2.16. The van der Waals surface area contributed by atoms with E-state index in [1.54, 1.807) is 6.92 Å². The largest absolute Gasteiger partial charge is 0.387 e. The van der Waals surface area contributed by atoms with Crippen LogP contribution < -0.4 is 5.73 Å². The van der Waals surface area contributed by atoms with E-state index in [-0.39, 0.29) is 6.04 Å². The number of benzene rings is 1. The molecule has 1 aromatic rings. The van der Waals surface area contributed by atoms with Crippen molar-refractivity contribution >= 4 is 11.6 Å². The van der Waals surface area contributed by atoms with Crippen LogP contribution in [-0.2, 0) is 0 Å². The number of aliphatic hydroxyl groups excluding tert-OH is 1. The van der Waals surface area contributed by atoms with Crippen molar-refractivity contribution in [3.63, 3.8) is 0 Å². The van der Waals surface area contributed by atoms with Crippen LogP contribution in [0.25, 0.3) is 0 Å². The Morgan fingerprint density at radius 2 is 1.71 bits per heavy atom. The summed E-state index contributed by atoms with van der Waals surface area (Å²) in [6, 6.07) is 3.49. The van der Waals surface area contributed by atoms with Gasteiger partial charge in [-0.15, -0.1) is 0 Å². The molecule has 1 aromatic carbocycles. The molecule has 0 unspecified atom stereocenters. The highest BCUT2D eigenvalue weighted by atomic mass is 35.5. The minimum atomic E-state index is -0.621. The number of halogens is 1. The average molecular weight is 214 g/mol. The van der Waals surface area contributed by atoms with Gasteiger partial charge in [-0.3, -0.25) is 0 Å². The van der Waals surface area contributed by atoms with Gasteiger partial charge in [0.15, 0.2) is 0 Å². The first kappa shape index (κ1) is 11.5. The quantitative estimate of drug-likeness (QED) is 0.792. The van der Waals surface area contributed by atoms with Gasteiger partial charge in [0.25, 0.3) is 0 Å². The summed E-state index contributed by atoms with van der Waals surface area (Å²) in [6.07, 6.45) is -0.621. The fraction of sp³-hybridized carbons (Fsp3) is 0.455. The summed E-state index contributed by atoms with van der Waals surface area (Å²) in [5, 5.41) is 10.5. The van der Waals surface area contributed by atoms with Crippen LogP contribution in [0.5, 0.6) is 0 Å². The zero-order chi connectivity index (χ0) is 10.9. The van der Waals surface area contributed by atoms with Crippen molar-refractivity contribution in [2.45, 2.75) is 32.9 Å². The first-order valence-electron chi connectivity index (χ1n) is 4.63. The third-order valence-electron chi connectivity index (χ3n) is 2.30. The molecule has 2 nitrogen and oxygen atoms in total. The molecule has 0 heterocycles. The molecule has 0 bridgehead atoms. The van der Waals surface area contributed by atoms with E-state index in [0.29, 0.717) is 0 Å². The zero-order valence-corrected chi connectivity index (χ0v) is 9.47. The summed E-state index contributed by atoms with van der Waals surface area (Å²) in [4.78, 5) is 0. The van der Waals surface area contributed by atoms with Crippen LogP contribution in [0.15, 0.2) is 12.1 Å². The molecule has 3 N–H and O–H groups in total. The molecule has 0 aliphatic rings. The molecule has 0 radical (unpaired) electrons. The number of aryl methyl sites for hydroxylation is 2. The van der Waals surface area contributed by atoms with Gasteiger partial charge in [-0.2, -0.15) is 0 Å². The van der Waals surface area contributed by atoms with E-state index in [2.05, 4.69) is 0 Å². The van der Waals surface area contributed by atoms with Gasteiger partial charge in [-0.25, -0.2) is 0 Å². The second kappa shape index (κ2) is 4.30. The highest BCUT2D eigenvalue weighted by Crippen LogP contribution is 2.25. The molecular formula is C11H16ClNO. The summed E-state index contributed by atoms with van der Waals surface area (Å²) >= 11 is 6.02. The van der Waals surface area contributed by atoms with E-state index in [9.17, 15) is 5.11 Å². The molecule has 0 amide bonds. The van der Waals surface area contributed by atoms with E-state index in [4.69, 9.17) is 17.3 Å². The van der Waals surface area contributed by atoms with Crippen molar-refractivity contribution in [3.05, 3.63) is 33.8 Å². The summed E-state index contributed by atoms with van der Waals surface area (Å²) in [5.41, 5.74) is 8.40. The minimum Gasteiger partial charge on any atom is -0.387 e. The first-order chi connectivity index (χ1) is 6.43. The van der Waals surface area contributed by atoms with Gasteiger partial charge in [0.1, 0.15) is 0 Å². The van der Waals surface area contributed by atoms with Gasteiger partial charge in [0.2, 0.25) is 0 Å². The van der Waals surface area contributed by atoms with Crippen LogP contribution in [0, 0.1) is 13.8 Å². The maximum Gasteiger partial charge on any atom is 0.0938 e. The Balaban J connectivity index is 3.12. The Kier molecular flexibility index (Phi) is 3.53. The lowest BCUT2D eigenvalue weighted by Crippen LogP contribution is -2.24. The Bertz CT molecular complexity index is 313. The zero-order valence-electron chi connectivity index (χ0n) is 8.71. The number of rotatable bonds is 2. The Hall–Kier alpha value is -0.570. The SMILES string of the molecule is Cc1cc([C@H](O)[C@@H](C)N)cc(C)c1Cl. The molecule has 0 fully saturated rings. The molecule has 0 saturated heterocycles. The molecule has 14 heavy (non-hydrogen) atoms. The molecular weight excluding hydrogens is 198 g/mol. The summed E-state index contributed by atoms with van der Waals surface area (Å²) in [6.45, 7) is 5.63. The van der Waals surface area contributed by atoms with Crippen LogP contribution in [0.2, 0.25) is 5.02 Å². The van der Waals surface area contributed by atoms with Gasteiger partial charge in [0, 0.05) is 11.1 Å². The average Bonchev–Trinajstić information content (AvgIpc) is 2.12. The fourth-order valence-corrected chi connectivity index (χ4v) is 1.56. The predicted octanol–water partition coefficient (Wildman–Crippen LogP) is 2.34. The predicted molar refractivity (Wildman–Crippen MR) is 59.5 cm³/mol. The molecule has 78 valence electrons. The first-order valence-corrected chi connectivity index (χ1v) is 5.01. The van der Waals surface area contributed by atoms with Crippen molar-refractivity contribution < 1.29 is 5.11 Å². The Morgan fingerprint density at radius 3 is 2.07 bits per heavy atom. The monoisotopic (exact) mass is 213 g/mol. The van der Waals surface area contributed by atoms with E-state index in [1.165, 1.54) is 0 Å². The maximum atomic E-state index is 9.77. The van der Waals surface area contributed by atoms with E-state index in [1.807, 2.05) is 26.0 Å². The van der Waals surface area contributed by atoms with Crippen molar-refractivity contribution in [2.75, 3.05) is 0 Å². The highest BCUT2D eigenvalue weighted by Gasteiger charge is 2.14. The molecule has 0 spiro atoms. The number of hydrogen-bond acceptors (Lipinski definition) is 2. The van der Waals surface area contributed by atoms with Crippen LogP contribution >= 0.6 is 11.6 Å². The van der Waals surface area contributed by atoms with Crippen molar-refractivity contribution in [1.29, 1.82) is 0 Å². The normalized spacial score (nSPS) is 15.3. The highest BCUT2D eigenvalue weighted by molar-refractivity contribution is 6.32. The molecule has 1 rings (SSSR count). The standard InChI is InChI=1S/C11H16ClNO/c1-6-4-9(11(14)8(3)13)5-7(2)10(6)12/h4-5,8,11,14H,13H2,1-3H3/t8-,11-/m1/s1. The van der Waals surface area contributed by atoms with E-state index >= 15 is 0 Å². The summed E-state index contributed by atoms with van der Waals surface area (Å²) < 4.78 is 0. The second-order valence-electron chi connectivity index (χ2n) is 3.77. The molecule has 3 heteroatoms. The molecule has 0 aliphatic heterocycles. The van der Waals surface area contributed by atoms with E-state index in [0.717, 1.165) is 21.7 Å². The topological polar surface area (TPSA) is 46.2 Å². The van der Waals surface area contributed by atoms with Gasteiger partial charge in [0.05, 0.1) is 6.10 Å². The third kappa shape index (κ3) is 2.27. The van der Waals surface area contributed by atoms with Crippen molar-refractivity contribution in [3.8, 4) is 0 Å². The smallest absolute Gasteiger partial charge is 0.0938 e. The molecule has 0 aromatic heterocycles. The number of hydrogen-bond donors (Lipinski definition) is 2. The minimum absolute atomic E-state index is 0.269. The molecule has 2 atom stereocenters. The molecule has 0 aliphatic carbocycles. The van der Waals surface area contributed by atoms with Gasteiger partial charge < -0.3 is 10.8 Å². The number of aliphatic hydroxyl groups is 1. The Labute approximate surface area is 89.7 Å². The second-order valence-corrected chi connectivity index (χ2v) is 4.15. The fourth-order valence-electron chi connectivity index (χ4n) is 1.45. The molecule has 0 saturated carbocycles. The Morgan fingerprint density at radius 1 is 1.29 bits per heavy atom. The maximum absolute atomic E-state index is 9.77. The van der Waals surface area contributed by atoms with Gasteiger partial charge in [-0.05, 0) is 37.5 Å². The third-order valence-corrected chi connectivity index (χ3v) is 2.89. The van der Waals surface area contributed by atoms with Crippen molar-refractivity contribution in [1.82, 2.24) is 0 Å². The number of nitrogens with two attached hydrogens (primary N) is 1. The van der Waals surface area contributed by atoms with Crippen LogP contribution in [0.4, 0.5) is 0 Å². The summed E-state index contributed by atoms with van der Waals surface area (Å²) in [7, 11) is 0. The van der Waals surface area contributed by atoms with Gasteiger partial charge in [-0.1, -0.05) is 23.7 Å².